The number of phenols is 1. The van der Waals surface area contributed by atoms with E-state index in [0.29, 0.717) is 11.1 Å². The molecule has 2 unspecified atom stereocenters. The number of benzene rings is 2. The van der Waals surface area contributed by atoms with Crippen LogP contribution in [0.1, 0.15) is 29.2 Å². The molecule has 0 heterocycles. The van der Waals surface area contributed by atoms with Gasteiger partial charge in [0.25, 0.3) is 0 Å². The van der Waals surface area contributed by atoms with Crippen LogP contribution in [0.5, 0.6) is 5.75 Å². The van der Waals surface area contributed by atoms with Crippen molar-refractivity contribution >= 4 is 6.09 Å². The summed E-state index contributed by atoms with van der Waals surface area (Å²) in [5.74, 6) is 0.103. The second-order valence-corrected chi connectivity index (χ2v) is 5.83. The fraction of sp³-hybridized carbons (Fsp3) is 0.316. The van der Waals surface area contributed by atoms with Crippen molar-refractivity contribution in [1.29, 1.82) is 0 Å². The quantitative estimate of drug-likeness (QED) is 0.618. The van der Waals surface area contributed by atoms with Crippen LogP contribution in [-0.2, 0) is 11.3 Å². The van der Waals surface area contributed by atoms with Crippen molar-refractivity contribution in [2.45, 2.75) is 32.2 Å². The third kappa shape index (κ3) is 5.77. The minimum absolute atomic E-state index is 0.103. The Hall–Kier alpha value is -2.57. The summed E-state index contributed by atoms with van der Waals surface area (Å²) in [7, 11) is 0. The summed E-state index contributed by atoms with van der Waals surface area (Å²) in [6, 6.07) is 13.9. The van der Waals surface area contributed by atoms with Gasteiger partial charge in [-0.15, -0.1) is 0 Å². The van der Waals surface area contributed by atoms with Crippen molar-refractivity contribution in [3.63, 3.8) is 0 Å². The number of nitrogens with one attached hydrogen (secondary N) is 1. The van der Waals surface area contributed by atoms with E-state index >= 15 is 0 Å². The lowest BCUT2D eigenvalue weighted by molar-refractivity contribution is 0.0132. The van der Waals surface area contributed by atoms with Crippen molar-refractivity contribution in [2.24, 2.45) is 0 Å². The normalized spacial score (nSPS) is 13.1. The number of aliphatic hydroxyl groups is 2. The van der Waals surface area contributed by atoms with Crippen molar-refractivity contribution in [3.05, 3.63) is 65.2 Å². The molecule has 0 aromatic heterocycles. The summed E-state index contributed by atoms with van der Waals surface area (Å²) in [6.45, 7) is 2.08. The molecule has 4 N–H and O–H groups in total. The van der Waals surface area contributed by atoms with Gasteiger partial charge in [0.2, 0.25) is 0 Å². The Kier molecular flexibility index (Phi) is 6.80. The largest absolute Gasteiger partial charge is 0.508 e. The van der Waals surface area contributed by atoms with Gasteiger partial charge < -0.3 is 25.4 Å². The summed E-state index contributed by atoms with van der Waals surface area (Å²) >= 11 is 0. The number of alkyl carbamates (subject to hydrolysis) is 1. The van der Waals surface area contributed by atoms with Gasteiger partial charge in [-0.2, -0.15) is 0 Å². The van der Waals surface area contributed by atoms with E-state index in [-0.39, 0.29) is 25.3 Å². The number of rotatable bonds is 7. The molecular weight excluding hydrogens is 322 g/mol. The Labute approximate surface area is 146 Å². The summed E-state index contributed by atoms with van der Waals surface area (Å²) in [5.41, 5.74) is 2.11. The van der Waals surface area contributed by atoms with E-state index in [1.807, 2.05) is 30.3 Å². The molecule has 0 saturated carbocycles. The van der Waals surface area contributed by atoms with Crippen molar-refractivity contribution in [1.82, 2.24) is 5.32 Å². The Balaban J connectivity index is 1.74. The molecule has 0 aliphatic carbocycles. The van der Waals surface area contributed by atoms with Crippen LogP contribution in [0, 0.1) is 6.92 Å². The minimum atomic E-state index is -1.09. The standard InChI is InChI=1S/C19H23NO5/c1-13-11-15(21)7-8-16(13)18(23)17(22)9-10-20-19(24)25-12-14-5-3-2-4-6-14/h2-8,11,17-18,21-23H,9-10,12H2,1H3,(H,20,24). The summed E-state index contributed by atoms with van der Waals surface area (Å²) < 4.78 is 5.07. The van der Waals surface area contributed by atoms with Crippen LogP contribution in [0.15, 0.2) is 48.5 Å². The molecule has 0 saturated heterocycles. The minimum Gasteiger partial charge on any atom is -0.508 e. The summed E-state index contributed by atoms with van der Waals surface area (Å²) in [4.78, 5) is 11.6. The van der Waals surface area contributed by atoms with Crippen LogP contribution in [0.3, 0.4) is 0 Å². The van der Waals surface area contributed by atoms with Gasteiger partial charge >= 0.3 is 6.09 Å². The van der Waals surface area contributed by atoms with Crippen LogP contribution < -0.4 is 5.32 Å². The first-order valence-electron chi connectivity index (χ1n) is 8.07. The number of carbonyl (C=O) groups is 1. The monoisotopic (exact) mass is 345 g/mol. The molecular formula is C19H23NO5. The van der Waals surface area contributed by atoms with Crippen molar-refractivity contribution in [2.75, 3.05) is 6.54 Å². The van der Waals surface area contributed by atoms with E-state index in [1.165, 1.54) is 12.1 Å². The second-order valence-electron chi connectivity index (χ2n) is 5.83. The van der Waals surface area contributed by atoms with Gasteiger partial charge in [0, 0.05) is 6.54 Å². The zero-order valence-electron chi connectivity index (χ0n) is 14.1. The average molecular weight is 345 g/mol. The smallest absolute Gasteiger partial charge is 0.407 e. The fourth-order valence-corrected chi connectivity index (χ4v) is 2.45. The van der Waals surface area contributed by atoms with E-state index < -0.39 is 18.3 Å². The molecule has 0 aliphatic rings. The molecule has 0 bridgehead atoms. The van der Waals surface area contributed by atoms with E-state index in [1.54, 1.807) is 13.0 Å². The predicted molar refractivity (Wildman–Crippen MR) is 93.1 cm³/mol. The summed E-state index contributed by atoms with van der Waals surface area (Å²) in [6.07, 6.45) is -2.55. The van der Waals surface area contributed by atoms with E-state index in [4.69, 9.17) is 4.74 Å². The Bertz CT molecular complexity index is 689. The molecule has 0 aliphatic heterocycles. The number of aliphatic hydroxyl groups excluding tert-OH is 2. The number of aromatic hydroxyl groups is 1. The molecule has 134 valence electrons. The zero-order chi connectivity index (χ0) is 18.2. The lowest BCUT2D eigenvalue weighted by Gasteiger charge is -2.20. The third-order valence-electron chi connectivity index (χ3n) is 3.86. The molecule has 2 aromatic carbocycles. The van der Waals surface area contributed by atoms with Gasteiger partial charge in [0.1, 0.15) is 18.5 Å². The van der Waals surface area contributed by atoms with Gasteiger partial charge in [-0.1, -0.05) is 36.4 Å². The fourth-order valence-electron chi connectivity index (χ4n) is 2.45. The number of amides is 1. The van der Waals surface area contributed by atoms with Crippen molar-refractivity contribution < 1.29 is 24.9 Å². The molecule has 2 aromatic rings. The summed E-state index contributed by atoms with van der Waals surface area (Å²) in [5, 5.41) is 32.2. The van der Waals surface area contributed by atoms with E-state index in [9.17, 15) is 20.1 Å². The lowest BCUT2D eigenvalue weighted by Crippen LogP contribution is -2.30. The average Bonchev–Trinajstić information content (AvgIpc) is 2.60. The highest BCUT2D eigenvalue weighted by atomic mass is 16.5. The number of carbonyl (C=O) groups excluding carboxylic acids is 1. The Morgan fingerprint density at radius 3 is 2.56 bits per heavy atom. The number of phenolic OH excluding ortho intramolecular Hbond substituents is 1. The van der Waals surface area contributed by atoms with Crippen LogP contribution in [0.4, 0.5) is 4.79 Å². The highest BCUT2D eigenvalue weighted by Crippen LogP contribution is 2.25. The molecule has 0 fully saturated rings. The topological polar surface area (TPSA) is 99.0 Å². The van der Waals surface area contributed by atoms with Gasteiger partial charge in [-0.3, -0.25) is 0 Å². The lowest BCUT2D eigenvalue weighted by atomic mass is 9.97. The van der Waals surface area contributed by atoms with Gasteiger partial charge in [-0.05, 0) is 42.2 Å². The van der Waals surface area contributed by atoms with Gasteiger partial charge in [0.05, 0.1) is 6.10 Å². The molecule has 6 nitrogen and oxygen atoms in total. The molecule has 6 heteroatoms. The number of hydrogen-bond acceptors (Lipinski definition) is 5. The molecule has 0 spiro atoms. The predicted octanol–water partition coefficient (Wildman–Crippen LogP) is 2.41. The van der Waals surface area contributed by atoms with Gasteiger partial charge in [0.15, 0.2) is 0 Å². The van der Waals surface area contributed by atoms with Gasteiger partial charge in [-0.25, -0.2) is 4.79 Å². The Morgan fingerprint density at radius 1 is 1.16 bits per heavy atom. The van der Waals surface area contributed by atoms with Crippen LogP contribution >= 0.6 is 0 Å². The van der Waals surface area contributed by atoms with Crippen LogP contribution in [0.25, 0.3) is 0 Å². The maximum atomic E-state index is 11.6. The molecule has 2 atom stereocenters. The van der Waals surface area contributed by atoms with Crippen LogP contribution in [-0.4, -0.2) is 34.1 Å². The highest BCUT2D eigenvalue weighted by Gasteiger charge is 2.20. The molecule has 1 amide bonds. The maximum absolute atomic E-state index is 11.6. The van der Waals surface area contributed by atoms with E-state index in [2.05, 4.69) is 5.32 Å². The van der Waals surface area contributed by atoms with E-state index in [0.717, 1.165) is 5.56 Å². The zero-order valence-corrected chi connectivity index (χ0v) is 14.1. The number of hydrogen-bond donors (Lipinski definition) is 4. The second kappa shape index (κ2) is 9.05. The Morgan fingerprint density at radius 2 is 1.88 bits per heavy atom. The molecule has 0 radical (unpaired) electrons. The van der Waals surface area contributed by atoms with Crippen molar-refractivity contribution in [3.8, 4) is 5.75 Å². The first kappa shape index (κ1) is 18.8. The maximum Gasteiger partial charge on any atom is 0.407 e. The number of aryl methyl sites for hydroxylation is 1. The molecule has 25 heavy (non-hydrogen) atoms. The van der Waals surface area contributed by atoms with Crippen LogP contribution in [0.2, 0.25) is 0 Å². The molecule has 2 rings (SSSR count). The first-order chi connectivity index (χ1) is 12.0. The third-order valence-corrected chi connectivity index (χ3v) is 3.86. The first-order valence-corrected chi connectivity index (χ1v) is 8.07. The highest BCUT2D eigenvalue weighted by molar-refractivity contribution is 5.67. The number of ether oxygens (including phenoxy) is 1. The SMILES string of the molecule is Cc1cc(O)ccc1C(O)C(O)CCNC(=O)OCc1ccccc1.